The number of carbonyl (C=O) groups excluding carboxylic acids is 1. The number of primary amides is 1. The number of hydrogen-bond acceptors (Lipinski definition) is 4. The second-order valence-electron chi connectivity index (χ2n) is 5.18. The van der Waals surface area contributed by atoms with Gasteiger partial charge in [0.25, 0.3) is 0 Å². The summed E-state index contributed by atoms with van der Waals surface area (Å²) in [7, 11) is 0. The monoisotopic (exact) mass is 244 g/mol. The van der Waals surface area contributed by atoms with Crippen molar-refractivity contribution < 1.29 is 14.3 Å². The minimum atomic E-state index is -0.728. The second-order valence-corrected chi connectivity index (χ2v) is 5.18. The molecule has 1 aliphatic rings. The Hall–Kier alpha value is -0.810. The highest BCUT2D eigenvalue weighted by atomic mass is 16.6. The highest BCUT2D eigenvalue weighted by Gasteiger charge is 2.44. The molecule has 1 saturated heterocycles. The molecule has 2 N–H and O–H groups in total. The van der Waals surface area contributed by atoms with Crippen LogP contribution in [-0.2, 0) is 9.47 Å². The summed E-state index contributed by atoms with van der Waals surface area (Å²) >= 11 is 0. The number of nitrogens with zero attached hydrogens (tertiary/aromatic N) is 1. The van der Waals surface area contributed by atoms with Crippen LogP contribution in [-0.4, -0.2) is 48.9 Å². The highest BCUT2D eigenvalue weighted by molar-refractivity contribution is 5.64. The zero-order valence-electron chi connectivity index (χ0n) is 11.1. The molecule has 1 aliphatic heterocycles. The largest absolute Gasteiger partial charge is 0.443 e. The topological polar surface area (TPSA) is 64.6 Å². The summed E-state index contributed by atoms with van der Waals surface area (Å²) < 4.78 is 10.5. The van der Waals surface area contributed by atoms with Gasteiger partial charge in [0, 0.05) is 25.2 Å². The maximum atomic E-state index is 10.8. The van der Waals surface area contributed by atoms with Gasteiger partial charge in [-0.15, -0.1) is 0 Å². The molecule has 0 radical (unpaired) electrons. The minimum absolute atomic E-state index is 0.225. The van der Waals surface area contributed by atoms with Crippen LogP contribution in [0.25, 0.3) is 0 Å². The first-order valence-electron chi connectivity index (χ1n) is 6.24. The Morgan fingerprint density at radius 1 is 1.53 bits per heavy atom. The maximum absolute atomic E-state index is 10.8. The Kier molecular flexibility index (Phi) is 5.21. The molecular weight excluding hydrogens is 220 g/mol. The van der Waals surface area contributed by atoms with Crippen molar-refractivity contribution >= 4 is 6.09 Å². The molecule has 1 fully saturated rings. The van der Waals surface area contributed by atoms with Crippen molar-refractivity contribution in [3.05, 3.63) is 0 Å². The number of nitrogens with two attached hydrogens (primary N) is 1. The molecule has 0 aliphatic carbocycles. The molecule has 0 aromatic heterocycles. The number of ether oxygens (including phenoxy) is 2. The van der Waals surface area contributed by atoms with E-state index in [1.807, 2.05) is 0 Å². The average Bonchev–Trinajstić information content (AvgIpc) is 2.80. The van der Waals surface area contributed by atoms with E-state index in [4.69, 9.17) is 15.2 Å². The molecule has 1 heterocycles. The Bertz CT molecular complexity index is 256. The molecule has 0 saturated carbocycles. The first kappa shape index (κ1) is 14.3. The first-order chi connectivity index (χ1) is 7.95. The van der Waals surface area contributed by atoms with Crippen molar-refractivity contribution in [1.29, 1.82) is 0 Å². The number of carbonyl (C=O) groups is 1. The van der Waals surface area contributed by atoms with E-state index in [1.165, 1.54) is 0 Å². The molecule has 0 aromatic carbocycles. The SMILES string of the molecule is CCCCOCC(CN1CC1(C)C)OC(N)=O. The standard InChI is InChI=1S/C12H24N2O3/c1-4-5-6-16-8-10(17-11(13)15)7-14-9-12(14,2)3/h10H,4-9H2,1-3H3,(H2,13,15). The van der Waals surface area contributed by atoms with E-state index in [9.17, 15) is 4.79 Å². The zero-order valence-corrected chi connectivity index (χ0v) is 11.1. The predicted octanol–water partition coefficient (Wildman–Crippen LogP) is 1.36. The number of amides is 1. The van der Waals surface area contributed by atoms with E-state index in [-0.39, 0.29) is 11.6 Å². The maximum Gasteiger partial charge on any atom is 0.404 e. The molecule has 1 amide bonds. The summed E-state index contributed by atoms with van der Waals surface area (Å²) in [6, 6.07) is 0. The van der Waals surface area contributed by atoms with Gasteiger partial charge in [0.05, 0.1) is 6.61 Å². The van der Waals surface area contributed by atoms with Crippen LogP contribution in [0.4, 0.5) is 4.79 Å². The Balaban J connectivity index is 2.25. The van der Waals surface area contributed by atoms with Gasteiger partial charge in [-0.25, -0.2) is 4.79 Å². The highest BCUT2D eigenvalue weighted by Crippen LogP contribution is 2.30. The summed E-state index contributed by atoms with van der Waals surface area (Å²) in [5.74, 6) is 0. The van der Waals surface area contributed by atoms with Crippen molar-refractivity contribution in [1.82, 2.24) is 4.90 Å². The molecule has 0 aromatic rings. The van der Waals surface area contributed by atoms with Crippen LogP contribution < -0.4 is 5.73 Å². The van der Waals surface area contributed by atoms with Gasteiger partial charge in [0.1, 0.15) is 6.10 Å². The van der Waals surface area contributed by atoms with E-state index >= 15 is 0 Å². The molecule has 5 heteroatoms. The molecule has 1 rings (SSSR count). The fraction of sp³-hybridized carbons (Fsp3) is 0.917. The quantitative estimate of drug-likeness (QED) is 0.517. The van der Waals surface area contributed by atoms with Crippen LogP contribution in [0.1, 0.15) is 33.6 Å². The molecule has 2 atom stereocenters. The third kappa shape index (κ3) is 5.37. The fourth-order valence-electron chi connectivity index (χ4n) is 1.74. The van der Waals surface area contributed by atoms with Crippen LogP contribution in [0, 0.1) is 0 Å². The molecule has 2 unspecified atom stereocenters. The van der Waals surface area contributed by atoms with Gasteiger partial charge in [0.2, 0.25) is 0 Å². The Morgan fingerprint density at radius 2 is 2.18 bits per heavy atom. The third-order valence-electron chi connectivity index (χ3n) is 2.98. The van der Waals surface area contributed by atoms with Gasteiger partial charge in [0.15, 0.2) is 0 Å². The van der Waals surface area contributed by atoms with Crippen LogP contribution in [0.5, 0.6) is 0 Å². The lowest BCUT2D eigenvalue weighted by molar-refractivity contribution is 0.0146. The van der Waals surface area contributed by atoms with Crippen molar-refractivity contribution in [3.63, 3.8) is 0 Å². The first-order valence-corrected chi connectivity index (χ1v) is 6.24. The van der Waals surface area contributed by atoms with Crippen molar-refractivity contribution in [2.24, 2.45) is 5.73 Å². The molecule has 0 spiro atoms. The van der Waals surface area contributed by atoms with Crippen molar-refractivity contribution in [2.45, 2.75) is 45.3 Å². The summed E-state index contributed by atoms with van der Waals surface area (Å²) in [5, 5.41) is 0. The zero-order chi connectivity index (χ0) is 12.9. The molecule has 17 heavy (non-hydrogen) atoms. The lowest BCUT2D eigenvalue weighted by atomic mass is 10.2. The summed E-state index contributed by atoms with van der Waals surface area (Å²) in [6.07, 6.45) is 1.14. The van der Waals surface area contributed by atoms with E-state index in [1.54, 1.807) is 0 Å². The van der Waals surface area contributed by atoms with Crippen LogP contribution in [0.2, 0.25) is 0 Å². The smallest absolute Gasteiger partial charge is 0.404 e. The summed E-state index contributed by atoms with van der Waals surface area (Å²) in [6.45, 7) is 9.29. The number of rotatable bonds is 8. The van der Waals surface area contributed by atoms with Gasteiger partial charge < -0.3 is 15.2 Å². The lowest BCUT2D eigenvalue weighted by Crippen LogP contribution is -2.34. The van der Waals surface area contributed by atoms with Crippen LogP contribution in [0.3, 0.4) is 0 Å². The van der Waals surface area contributed by atoms with Crippen molar-refractivity contribution in [3.8, 4) is 0 Å². The normalized spacial score (nSPS) is 23.1. The van der Waals surface area contributed by atoms with Gasteiger partial charge in [-0.3, -0.25) is 4.90 Å². The average molecular weight is 244 g/mol. The number of hydrogen-bond donors (Lipinski definition) is 1. The summed E-state index contributed by atoms with van der Waals surface area (Å²) in [4.78, 5) is 13.0. The van der Waals surface area contributed by atoms with E-state index in [0.29, 0.717) is 19.8 Å². The summed E-state index contributed by atoms with van der Waals surface area (Å²) in [5.41, 5.74) is 5.28. The third-order valence-corrected chi connectivity index (χ3v) is 2.98. The number of unbranched alkanes of at least 4 members (excludes halogenated alkanes) is 1. The van der Waals surface area contributed by atoms with E-state index in [0.717, 1.165) is 19.4 Å². The van der Waals surface area contributed by atoms with E-state index in [2.05, 4.69) is 25.7 Å². The molecule has 5 nitrogen and oxygen atoms in total. The van der Waals surface area contributed by atoms with Gasteiger partial charge in [-0.2, -0.15) is 0 Å². The van der Waals surface area contributed by atoms with Crippen LogP contribution in [0.15, 0.2) is 0 Å². The lowest BCUT2D eigenvalue weighted by Gasteiger charge is -2.18. The molecule has 0 bridgehead atoms. The van der Waals surface area contributed by atoms with Gasteiger partial charge in [-0.1, -0.05) is 13.3 Å². The molecular formula is C12H24N2O3. The Morgan fingerprint density at radius 3 is 2.65 bits per heavy atom. The minimum Gasteiger partial charge on any atom is -0.443 e. The molecule has 100 valence electrons. The van der Waals surface area contributed by atoms with Gasteiger partial charge in [-0.05, 0) is 20.3 Å². The van der Waals surface area contributed by atoms with Crippen molar-refractivity contribution in [2.75, 3.05) is 26.3 Å². The van der Waals surface area contributed by atoms with E-state index < -0.39 is 6.09 Å². The fourth-order valence-corrected chi connectivity index (χ4v) is 1.74. The van der Waals surface area contributed by atoms with Gasteiger partial charge >= 0.3 is 6.09 Å². The predicted molar refractivity (Wildman–Crippen MR) is 65.8 cm³/mol. The van der Waals surface area contributed by atoms with Crippen LogP contribution >= 0.6 is 0 Å². The Labute approximate surface area is 103 Å². The second kappa shape index (κ2) is 6.21.